The van der Waals surface area contributed by atoms with E-state index in [1.54, 1.807) is 12.1 Å². The third-order valence-electron chi connectivity index (χ3n) is 2.08. The van der Waals surface area contributed by atoms with E-state index in [-0.39, 0.29) is 5.78 Å². The maximum absolute atomic E-state index is 11.9. The van der Waals surface area contributed by atoms with Gasteiger partial charge in [0.25, 0.3) is 0 Å². The summed E-state index contributed by atoms with van der Waals surface area (Å²) in [4.78, 5) is 11.9. The molecule has 1 heterocycles. The molecule has 0 aliphatic rings. The summed E-state index contributed by atoms with van der Waals surface area (Å²) in [7, 11) is 0. The molecule has 76 valence electrons. The number of aromatic nitrogens is 1. The van der Waals surface area contributed by atoms with Crippen LogP contribution in [0.5, 0.6) is 0 Å². The molecule has 0 saturated heterocycles. The van der Waals surface area contributed by atoms with Crippen LogP contribution in [0.1, 0.15) is 21.6 Å². The Morgan fingerprint density at radius 3 is 2.80 bits per heavy atom. The molecule has 1 aromatic carbocycles. The highest BCUT2D eigenvalue weighted by molar-refractivity contribution is 9.08. The van der Waals surface area contributed by atoms with E-state index in [9.17, 15) is 4.79 Å². The normalized spacial score (nSPS) is 10.2. The molecule has 0 fully saturated rings. The third-order valence-corrected chi connectivity index (χ3v) is 2.68. The van der Waals surface area contributed by atoms with Gasteiger partial charge in [0.2, 0.25) is 5.78 Å². The molecule has 3 nitrogen and oxygen atoms in total. The van der Waals surface area contributed by atoms with Crippen molar-refractivity contribution in [2.45, 2.75) is 5.33 Å². The van der Waals surface area contributed by atoms with Crippen molar-refractivity contribution in [3.63, 3.8) is 0 Å². The summed E-state index contributed by atoms with van der Waals surface area (Å²) in [6.45, 7) is 0. The molecule has 0 unspecified atom stereocenters. The third kappa shape index (κ3) is 1.99. The second-order valence-corrected chi connectivity index (χ2v) is 3.57. The Kier molecular flexibility index (Phi) is 2.97. The SMILES string of the molecule is O=C(c1ccon1)c1ccccc1CBr. The summed E-state index contributed by atoms with van der Waals surface area (Å²) in [6.07, 6.45) is 1.39. The van der Waals surface area contributed by atoms with Gasteiger partial charge in [0, 0.05) is 17.0 Å². The van der Waals surface area contributed by atoms with Crippen molar-refractivity contribution in [3.05, 3.63) is 53.4 Å². The number of benzene rings is 1. The van der Waals surface area contributed by atoms with Crippen LogP contribution in [0.25, 0.3) is 0 Å². The first-order valence-corrected chi connectivity index (χ1v) is 5.54. The van der Waals surface area contributed by atoms with E-state index < -0.39 is 0 Å². The molecule has 0 N–H and O–H groups in total. The van der Waals surface area contributed by atoms with E-state index in [1.165, 1.54) is 6.26 Å². The Morgan fingerprint density at radius 1 is 1.33 bits per heavy atom. The molecule has 0 bridgehead atoms. The lowest BCUT2D eigenvalue weighted by Crippen LogP contribution is -2.04. The van der Waals surface area contributed by atoms with Crippen LogP contribution >= 0.6 is 15.9 Å². The smallest absolute Gasteiger partial charge is 0.215 e. The fourth-order valence-electron chi connectivity index (χ4n) is 1.33. The number of hydrogen-bond acceptors (Lipinski definition) is 3. The summed E-state index contributed by atoms with van der Waals surface area (Å²) in [5.74, 6) is -0.112. The molecule has 0 radical (unpaired) electrons. The molecular formula is C11H8BrNO2. The van der Waals surface area contributed by atoms with Crippen LogP contribution in [-0.2, 0) is 5.33 Å². The molecule has 4 heteroatoms. The van der Waals surface area contributed by atoms with Crippen molar-refractivity contribution in [1.82, 2.24) is 5.16 Å². The molecule has 15 heavy (non-hydrogen) atoms. The zero-order valence-corrected chi connectivity index (χ0v) is 9.40. The van der Waals surface area contributed by atoms with Gasteiger partial charge in [0.1, 0.15) is 6.26 Å². The van der Waals surface area contributed by atoms with E-state index in [1.807, 2.05) is 18.2 Å². The van der Waals surface area contributed by atoms with Crippen molar-refractivity contribution in [1.29, 1.82) is 0 Å². The lowest BCUT2D eigenvalue weighted by molar-refractivity contribution is 0.103. The Labute approximate surface area is 95.2 Å². The minimum atomic E-state index is -0.112. The van der Waals surface area contributed by atoms with E-state index in [2.05, 4.69) is 25.6 Å². The standard InChI is InChI=1S/C11H8BrNO2/c12-7-8-3-1-2-4-9(8)11(14)10-5-6-15-13-10/h1-6H,7H2. The van der Waals surface area contributed by atoms with Crippen LogP contribution in [-0.4, -0.2) is 10.9 Å². The molecular weight excluding hydrogens is 258 g/mol. The molecule has 0 aliphatic heterocycles. The number of carbonyl (C=O) groups excluding carboxylic acids is 1. The monoisotopic (exact) mass is 265 g/mol. The number of alkyl halides is 1. The summed E-state index contributed by atoms with van der Waals surface area (Å²) >= 11 is 3.34. The van der Waals surface area contributed by atoms with E-state index in [4.69, 9.17) is 0 Å². The Hall–Kier alpha value is -1.42. The Balaban J connectivity index is 2.42. The van der Waals surface area contributed by atoms with Gasteiger partial charge in [-0.3, -0.25) is 4.79 Å². The number of ketones is 1. The van der Waals surface area contributed by atoms with Crippen molar-refractivity contribution in [2.24, 2.45) is 0 Å². The van der Waals surface area contributed by atoms with Crippen molar-refractivity contribution < 1.29 is 9.32 Å². The highest BCUT2D eigenvalue weighted by Gasteiger charge is 2.14. The average Bonchev–Trinajstić information content (AvgIpc) is 2.81. The topological polar surface area (TPSA) is 43.1 Å². The van der Waals surface area contributed by atoms with Crippen LogP contribution in [0.15, 0.2) is 41.1 Å². The molecule has 0 spiro atoms. The summed E-state index contributed by atoms with van der Waals surface area (Å²) in [6, 6.07) is 8.98. The van der Waals surface area contributed by atoms with E-state index >= 15 is 0 Å². The van der Waals surface area contributed by atoms with Crippen LogP contribution < -0.4 is 0 Å². The van der Waals surface area contributed by atoms with Crippen LogP contribution in [0.2, 0.25) is 0 Å². The molecule has 0 aliphatic carbocycles. The van der Waals surface area contributed by atoms with Crippen molar-refractivity contribution in [2.75, 3.05) is 0 Å². The summed E-state index contributed by atoms with van der Waals surface area (Å²) in [5, 5.41) is 4.27. The zero-order valence-electron chi connectivity index (χ0n) is 7.81. The van der Waals surface area contributed by atoms with Gasteiger partial charge in [-0.05, 0) is 5.56 Å². The van der Waals surface area contributed by atoms with Crippen molar-refractivity contribution >= 4 is 21.7 Å². The van der Waals surface area contributed by atoms with Gasteiger partial charge in [-0.1, -0.05) is 45.4 Å². The second kappa shape index (κ2) is 4.40. The lowest BCUT2D eigenvalue weighted by Gasteiger charge is -2.02. The molecule has 0 atom stereocenters. The van der Waals surface area contributed by atoms with E-state index in [0.29, 0.717) is 16.6 Å². The quantitative estimate of drug-likeness (QED) is 0.633. The van der Waals surface area contributed by atoms with Gasteiger partial charge < -0.3 is 4.52 Å². The largest absolute Gasteiger partial charge is 0.364 e. The number of rotatable bonds is 3. The van der Waals surface area contributed by atoms with Crippen LogP contribution in [0.4, 0.5) is 0 Å². The minimum absolute atomic E-state index is 0.112. The highest BCUT2D eigenvalue weighted by Crippen LogP contribution is 2.15. The minimum Gasteiger partial charge on any atom is -0.364 e. The van der Waals surface area contributed by atoms with Gasteiger partial charge in [0.15, 0.2) is 5.69 Å². The van der Waals surface area contributed by atoms with Crippen LogP contribution in [0.3, 0.4) is 0 Å². The zero-order chi connectivity index (χ0) is 10.7. The Bertz CT molecular complexity index is 465. The van der Waals surface area contributed by atoms with Gasteiger partial charge >= 0.3 is 0 Å². The molecule has 1 aromatic heterocycles. The number of halogens is 1. The van der Waals surface area contributed by atoms with Gasteiger partial charge in [0.05, 0.1) is 0 Å². The summed E-state index contributed by atoms with van der Waals surface area (Å²) in [5.41, 5.74) is 1.94. The molecule has 2 aromatic rings. The van der Waals surface area contributed by atoms with Gasteiger partial charge in [-0.2, -0.15) is 0 Å². The number of nitrogens with zero attached hydrogens (tertiary/aromatic N) is 1. The number of carbonyl (C=O) groups is 1. The van der Waals surface area contributed by atoms with Gasteiger partial charge in [-0.15, -0.1) is 0 Å². The predicted molar refractivity (Wildman–Crippen MR) is 59.0 cm³/mol. The fraction of sp³-hybridized carbons (Fsp3) is 0.0909. The lowest BCUT2D eigenvalue weighted by atomic mass is 10.0. The van der Waals surface area contributed by atoms with Gasteiger partial charge in [-0.25, -0.2) is 0 Å². The summed E-state index contributed by atoms with van der Waals surface area (Å²) < 4.78 is 4.65. The van der Waals surface area contributed by atoms with Crippen molar-refractivity contribution in [3.8, 4) is 0 Å². The number of hydrogen-bond donors (Lipinski definition) is 0. The van der Waals surface area contributed by atoms with Crippen LogP contribution in [0, 0.1) is 0 Å². The second-order valence-electron chi connectivity index (χ2n) is 3.00. The molecule has 2 rings (SSSR count). The predicted octanol–water partition coefficient (Wildman–Crippen LogP) is 2.80. The maximum Gasteiger partial charge on any atom is 0.215 e. The average molecular weight is 266 g/mol. The maximum atomic E-state index is 11.9. The first-order chi connectivity index (χ1) is 7.33. The fourth-order valence-corrected chi connectivity index (χ4v) is 1.81. The molecule has 0 amide bonds. The first-order valence-electron chi connectivity index (χ1n) is 4.42. The van der Waals surface area contributed by atoms with E-state index in [0.717, 1.165) is 5.56 Å². The molecule has 0 saturated carbocycles. The Morgan fingerprint density at radius 2 is 2.13 bits per heavy atom. The first kappa shape index (κ1) is 10.1. The highest BCUT2D eigenvalue weighted by atomic mass is 79.9.